The van der Waals surface area contributed by atoms with E-state index in [9.17, 15) is 14.4 Å². The number of fused-ring (bicyclic) bond motifs is 1. The van der Waals surface area contributed by atoms with Crippen molar-refractivity contribution in [2.45, 2.75) is 33.1 Å². The van der Waals surface area contributed by atoms with E-state index < -0.39 is 23.7 Å². The number of aryl methyl sites for hydroxylation is 1. The molecular weight excluding hydrogens is 465 g/mol. The maximum Gasteiger partial charge on any atom is 0.333 e. The summed E-state index contributed by atoms with van der Waals surface area (Å²) in [4.78, 5) is 43.4. The molecule has 0 aliphatic carbocycles. The quantitative estimate of drug-likeness (QED) is 0.435. The highest BCUT2D eigenvalue weighted by molar-refractivity contribution is 6.35. The molecule has 0 fully saturated rings. The van der Waals surface area contributed by atoms with Crippen LogP contribution in [-0.2, 0) is 31.0 Å². The van der Waals surface area contributed by atoms with E-state index in [1.807, 2.05) is 37.3 Å². The van der Waals surface area contributed by atoms with Gasteiger partial charge in [-0.05, 0) is 30.2 Å². The predicted octanol–water partition coefficient (Wildman–Crippen LogP) is 3.05. The van der Waals surface area contributed by atoms with Crippen molar-refractivity contribution in [3.8, 4) is 0 Å². The van der Waals surface area contributed by atoms with Crippen LogP contribution >= 0.6 is 23.2 Å². The third-order valence-electron chi connectivity index (χ3n) is 5.30. The number of amides is 1. The van der Waals surface area contributed by atoms with Gasteiger partial charge >= 0.3 is 5.69 Å². The van der Waals surface area contributed by atoms with Crippen LogP contribution in [0.25, 0.3) is 11.2 Å². The van der Waals surface area contributed by atoms with Gasteiger partial charge in [0.1, 0.15) is 6.54 Å². The average molecular weight is 486 g/mol. The van der Waals surface area contributed by atoms with Crippen LogP contribution in [0.5, 0.6) is 0 Å². The van der Waals surface area contributed by atoms with Gasteiger partial charge in [-0.1, -0.05) is 59.6 Å². The summed E-state index contributed by atoms with van der Waals surface area (Å²) < 4.78 is 4.03. The fraction of sp³-hybridized carbons (Fsp3) is 0.217. The summed E-state index contributed by atoms with van der Waals surface area (Å²) in [6, 6.07) is 14.3. The molecule has 4 rings (SSSR count). The molecule has 0 spiro atoms. The van der Waals surface area contributed by atoms with Gasteiger partial charge in [-0.25, -0.2) is 14.3 Å². The van der Waals surface area contributed by atoms with Crippen LogP contribution in [0.3, 0.4) is 0 Å². The zero-order valence-corrected chi connectivity index (χ0v) is 19.3. The van der Waals surface area contributed by atoms with Gasteiger partial charge in [0.15, 0.2) is 11.2 Å². The largest absolute Gasteiger partial charge is 0.350 e. The third kappa shape index (κ3) is 4.72. The first kappa shape index (κ1) is 22.8. The first-order valence-corrected chi connectivity index (χ1v) is 11.1. The van der Waals surface area contributed by atoms with E-state index in [2.05, 4.69) is 10.3 Å². The Morgan fingerprint density at radius 3 is 2.52 bits per heavy atom. The first-order valence-electron chi connectivity index (χ1n) is 10.3. The number of benzene rings is 2. The van der Waals surface area contributed by atoms with Gasteiger partial charge in [-0.3, -0.25) is 14.2 Å². The summed E-state index contributed by atoms with van der Waals surface area (Å²) in [7, 11) is 0. The van der Waals surface area contributed by atoms with Gasteiger partial charge < -0.3 is 9.88 Å². The summed E-state index contributed by atoms with van der Waals surface area (Å²) in [5, 5.41) is 3.61. The molecule has 0 saturated carbocycles. The summed E-state index contributed by atoms with van der Waals surface area (Å²) in [5.41, 5.74) is 0.958. The van der Waals surface area contributed by atoms with Crippen molar-refractivity contribution >= 4 is 40.3 Å². The van der Waals surface area contributed by atoms with Crippen LogP contribution in [0.2, 0.25) is 10.0 Å². The molecule has 2 aromatic carbocycles. The summed E-state index contributed by atoms with van der Waals surface area (Å²) in [5.74, 6) is -0.492. The lowest BCUT2D eigenvalue weighted by Gasteiger charge is -2.13. The molecule has 2 aromatic heterocycles. The van der Waals surface area contributed by atoms with E-state index >= 15 is 0 Å². The number of hydrogen-bond acceptors (Lipinski definition) is 4. The minimum atomic E-state index is -0.600. The van der Waals surface area contributed by atoms with Crippen molar-refractivity contribution in [3.63, 3.8) is 0 Å². The predicted molar refractivity (Wildman–Crippen MR) is 128 cm³/mol. The zero-order chi connectivity index (χ0) is 23.5. The number of carbonyl (C=O) groups is 1. The SMILES string of the molecule is CCn1cnc2c1c(=O)n(CC(=O)NCc1ccc(Cl)cc1Cl)c(=O)n2Cc1ccccc1. The molecule has 0 atom stereocenters. The van der Waals surface area contributed by atoms with E-state index in [1.165, 1.54) is 10.9 Å². The van der Waals surface area contributed by atoms with Crippen LogP contribution in [-0.4, -0.2) is 24.6 Å². The van der Waals surface area contributed by atoms with Gasteiger partial charge in [0.2, 0.25) is 5.91 Å². The molecule has 2 heterocycles. The third-order valence-corrected chi connectivity index (χ3v) is 5.89. The van der Waals surface area contributed by atoms with Crippen LogP contribution in [0.15, 0.2) is 64.4 Å². The lowest BCUT2D eigenvalue weighted by Crippen LogP contribution is -2.44. The van der Waals surface area contributed by atoms with Crippen LogP contribution in [0.1, 0.15) is 18.1 Å². The Morgan fingerprint density at radius 2 is 1.82 bits per heavy atom. The Morgan fingerprint density at radius 1 is 1.06 bits per heavy atom. The Bertz CT molecular complexity index is 1440. The summed E-state index contributed by atoms with van der Waals surface area (Å²) in [6.45, 7) is 2.30. The number of carbonyl (C=O) groups excluding carboxylic acids is 1. The first-order chi connectivity index (χ1) is 15.9. The molecule has 0 aliphatic heterocycles. The molecule has 0 aliphatic rings. The molecular formula is C23H21Cl2N5O3. The number of rotatable bonds is 7. The second-order valence-electron chi connectivity index (χ2n) is 7.46. The second kappa shape index (κ2) is 9.64. The molecule has 1 amide bonds. The maximum atomic E-state index is 13.3. The van der Waals surface area contributed by atoms with Crippen LogP contribution in [0.4, 0.5) is 0 Å². The van der Waals surface area contributed by atoms with E-state index in [1.54, 1.807) is 22.8 Å². The number of hydrogen-bond donors (Lipinski definition) is 1. The van der Waals surface area contributed by atoms with Crippen LogP contribution in [0, 0.1) is 0 Å². The average Bonchev–Trinajstić information content (AvgIpc) is 3.24. The zero-order valence-electron chi connectivity index (χ0n) is 17.8. The molecule has 170 valence electrons. The highest BCUT2D eigenvalue weighted by Crippen LogP contribution is 2.20. The monoisotopic (exact) mass is 485 g/mol. The Hall–Kier alpha value is -3.36. The minimum Gasteiger partial charge on any atom is -0.350 e. The van der Waals surface area contributed by atoms with Gasteiger partial charge in [-0.15, -0.1) is 0 Å². The van der Waals surface area contributed by atoms with Gasteiger partial charge in [0.25, 0.3) is 5.56 Å². The minimum absolute atomic E-state index is 0.136. The Labute approximate surface area is 199 Å². The van der Waals surface area contributed by atoms with E-state index in [4.69, 9.17) is 23.2 Å². The number of halogens is 2. The van der Waals surface area contributed by atoms with Crippen molar-refractivity contribution in [2.24, 2.45) is 0 Å². The van der Waals surface area contributed by atoms with Crippen molar-refractivity contribution in [3.05, 3.63) is 96.9 Å². The number of aromatic nitrogens is 4. The highest BCUT2D eigenvalue weighted by atomic mass is 35.5. The molecule has 0 radical (unpaired) electrons. The lowest BCUT2D eigenvalue weighted by molar-refractivity contribution is -0.121. The fourth-order valence-electron chi connectivity index (χ4n) is 3.58. The van der Waals surface area contributed by atoms with E-state index in [0.717, 1.165) is 10.1 Å². The Kier molecular flexibility index (Phi) is 6.67. The lowest BCUT2D eigenvalue weighted by atomic mass is 10.2. The molecule has 33 heavy (non-hydrogen) atoms. The molecule has 8 nitrogen and oxygen atoms in total. The standard InChI is InChI=1S/C23H21Cl2N5O3/c1-2-28-14-27-21-20(28)22(32)30(23(33)29(21)12-15-6-4-3-5-7-15)13-19(31)26-11-16-8-9-17(24)10-18(16)25/h3-10,14H,2,11-13H2,1H3,(H,26,31). The smallest absolute Gasteiger partial charge is 0.333 e. The van der Waals surface area contributed by atoms with Crippen molar-refractivity contribution < 1.29 is 4.79 Å². The van der Waals surface area contributed by atoms with Crippen LogP contribution < -0.4 is 16.6 Å². The molecule has 0 unspecified atom stereocenters. The summed E-state index contributed by atoms with van der Waals surface area (Å²) in [6.07, 6.45) is 1.53. The van der Waals surface area contributed by atoms with Gasteiger partial charge in [-0.2, -0.15) is 0 Å². The molecule has 0 bridgehead atoms. The van der Waals surface area contributed by atoms with E-state index in [0.29, 0.717) is 27.8 Å². The highest BCUT2D eigenvalue weighted by Gasteiger charge is 2.19. The van der Waals surface area contributed by atoms with E-state index in [-0.39, 0.29) is 18.6 Å². The number of nitrogens with one attached hydrogen (secondary N) is 1. The van der Waals surface area contributed by atoms with Crippen molar-refractivity contribution in [2.75, 3.05) is 0 Å². The molecule has 4 aromatic rings. The fourth-order valence-corrected chi connectivity index (χ4v) is 4.06. The molecule has 10 heteroatoms. The normalized spacial score (nSPS) is 11.1. The Balaban J connectivity index is 1.68. The van der Waals surface area contributed by atoms with Crippen molar-refractivity contribution in [1.82, 2.24) is 24.0 Å². The van der Waals surface area contributed by atoms with Gasteiger partial charge in [0.05, 0.1) is 12.9 Å². The number of nitrogens with zero attached hydrogens (tertiary/aromatic N) is 4. The number of imidazole rings is 1. The summed E-state index contributed by atoms with van der Waals surface area (Å²) >= 11 is 12.1. The molecule has 1 N–H and O–H groups in total. The topological polar surface area (TPSA) is 90.9 Å². The second-order valence-corrected chi connectivity index (χ2v) is 8.30. The van der Waals surface area contributed by atoms with Crippen molar-refractivity contribution in [1.29, 1.82) is 0 Å². The van der Waals surface area contributed by atoms with Gasteiger partial charge in [0, 0.05) is 23.1 Å². The molecule has 0 saturated heterocycles. The maximum absolute atomic E-state index is 13.3.